The summed E-state index contributed by atoms with van der Waals surface area (Å²) in [4.78, 5) is 0. The number of aliphatic hydroxyl groups is 1. The third kappa shape index (κ3) is 4.34. The second-order valence-electron chi connectivity index (χ2n) is 2.84. The molecule has 0 bridgehead atoms. The molecule has 0 rings (SSSR count). The molecule has 0 aromatic carbocycles. The van der Waals surface area contributed by atoms with E-state index in [1.54, 1.807) is 0 Å². The molecule has 0 amide bonds. The monoisotopic (exact) mass is 124 g/mol. The Balaban J connectivity index is 3.76. The minimum Gasteiger partial charge on any atom is -0.393 e. The standard InChI is InChI=1S/C6H14B2O/c1-4(5(2)9)3-6(7)8/h3-5,9H,7-8H2,1-2H3/t4-,5+/m1/s1. The van der Waals surface area contributed by atoms with Crippen LogP contribution in [0.15, 0.2) is 11.4 Å². The lowest BCUT2D eigenvalue weighted by Crippen LogP contribution is -2.10. The Kier molecular flexibility index (Phi) is 3.71. The molecule has 0 fully saturated rings. The normalized spacial score (nSPS) is 16.3. The van der Waals surface area contributed by atoms with Crippen molar-refractivity contribution in [2.24, 2.45) is 5.92 Å². The van der Waals surface area contributed by atoms with Crippen molar-refractivity contribution >= 4 is 15.7 Å². The fourth-order valence-corrected chi connectivity index (χ4v) is 0.665. The summed E-state index contributed by atoms with van der Waals surface area (Å²) in [6.07, 6.45) is 1.85. The van der Waals surface area contributed by atoms with Gasteiger partial charge in [0.15, 0.2) is 0 Å². The van der Waals surface area contributed by atoms with Gasteiger partial charge in [-0.25, -0.2) is 0 Å². The Labute approximate surface area is 59.0 Å². The summed E-state index contributed by atoms with van der Waals surface area (Å²) in [6, 6.07) is 0. The Hall–Kier alpha value is -0.170. The van der Waals surface area contributed by atoms with Crippen molar-refractivity contribution in [1.82, 2.24) is 0 Å². The van der Waals surface area contributed by atoms with Gasteiger partial charge >= 0.3 is 0 Å². The van der Waals surface area contributed by atoms with Crippen molar-refractivity contribution in [1.29, 1.82) is 0 Å². The van der Waals surface area contributed by atoms with E-state index in [0.717, 1.165) is 0 Å². The van der Waals surface area contributed by atoms with Crippen LogP contribution >= 0.6 is 0 Å². The van der Waals surface area contributed by atoms with Gasteiger partial charge in [0.25, 0.3) is 0 Å². The van der Waals surface area contributed by atoms with Crippen molar-refractivity contribution in [3.63, 3.8) is 0 Å². The summed E-state index contributed by atoms with van der Waals surface area (Å²) in [6.45, 7) is 3.82. The molecule has 9 heavy (non-hydrogen) atoms. The van der Waals surface area contributed by atoms with Crippen LogP contribution in [0.5, 0.6) is 0 Å². The third-order valence-corrected chi connectivity index (χ3v) is 1.36. The molecule has 0 radical (unpaired) electrons. The zero-order chi connectivity index (χ0) is 7.44. The van der Waals surface area contributed by atoms with E-state index in [0.29, 0.717) is 0 Å². The largest absolute Gasteiger partial charge is 0.393 e. The topological polar surface area (TPSA) is 20.2 Å². The van der Waals surface area contributed by atoms with Gasteiger partial charge in [0.05, 0.1) is 6.10 Å². The van der Waals surface area contributed by atoms with Crippen LogP contribution in [-0.2, 0) is 0 Å². The van der Waals surface area contributed by atoms with Gasteiger partial charge in [0, 0.05) is 0 Å². The smallest absolute Gasteiger partial charge is 0.121 e. The predicted molar refractivity (Wildman–Crippen MR) is 46.0 cm³/mol. The second kappa shape index (κ2) is 3.78. The van der Waals surface area contributed by atoms with Crippen LogP contribution in [0.3, 0.4) is 0 Å². The molecule has 0 saturated heterocycles. The molecule has 0 saturated carbocycles. The molecule has 1 N–H and O–H groups in total. The maximum atomic E-state index is 9.03. The minimum absolute atomic E-state index is 0.222. The van der Waals surface area contributed by atoms with Crippen LogP contribution in [0, 0.1) is 5.92 Å². The fraction of sp³-hybridized carbons (Fsp3) is 0.667. The zero-order valence-electron chi connectivity index (χ0n) is 6.68. The molecule has 50 valence electrons. The van der Waals surface area contributed by atoms with E-state index in [4.69, 9.17) is 5.11 Å². The van der Waals surface area contributed by atoms with Crippen molar-refractivity contribution in [3.8, 4) is 0 Å². The highest BCUT2D eigenvalue weighted by molar-refractivity contribution is 6.48. The highest BCUT2D eigenvalue weighted by Gasteiger charge is 2.02. The van der Waals surface area contributed by atoms with E-state index >= 15 is 0 Å². The molecule has 0 aromatic heterocycles. The van der Waals surface area contributed by atoms with Crippen LogP contribution in [0.4, 0.5) is 0 Å². The average molecular weight is 124 g/mol. The Morgan fingerprint density at radius 3 is 2.00 bits per heavy atom. The van der Waals surface area contributed by atoms with Crippen LogP contribution < -0.4 is 0 Å². The lowest BCUT2D eigenvalue weighted by atomic mass is 9.76. The Bertz CT molecular complexity index is 106. The quantitative estimate of drug-likeness (QED) is 0.473. The Morgan fingerprint density at radius 2 is 1.89 bits per heavy atom. The highest BCUT2D eigenvalue weighted by atomic mass is 16.3. The van der Waals surface area contributed by atoms with Gasteiger partial charge in [-0.1, -0.05) is 13.0 Å². The molecular weight excluding hydrogens is 110 g/mol. The lowest BCUT2D eigenvalue weighted by molar-refractivity contribution is 0.157. The molecule has 0 heterocycles. The SMILES string of the molecule is BC(B)=C[C@@H](C)[C@H](C)O. The molecule has 0 unspecified atom stereocenters. The van der Waals surface area contributed by atoms with Gasteiger partial charge in [-0.3, -0.25) is 0 Å². The van der Waals surface area contributed by atoms with E-state index < -0.39 is 0 Å². The molecule has 0 aliphatic heterocycles. The summed E-state index contributed by atoms with van der Waals surface area (Å²) >= 11 is 0. The first-order valence-electron chi connectivity index (χ1n) is 3.37. The lowest BCUT2D eigenvalue weighted by Gasteiger charge is -2.09. The summed E-state index contributed by atoms with van der Waals surface area (Å²) in [5, 5.41) is 10.3. The highest BCUT2D eigenvalue weighted by Crippen LogP contribution is 2.03. The molecule has 0 aliphatic carbocycles. The molecular formula is C6H14B2O. The summed E-state index contributed by atoms with van der Waals surface area (Å²) < 4.78 is 0. The number of hydrogen-bond acceptors (Lipinski definition) is 1. The minimum atomic E-state index is -0.222. The van der Waals surface area contributed by atoms with Crippen molar-refractivity contribution in [2.45, 2.75) is 20.0 Å². The van der Waals surface area contributed by atoms with Gasteiger partial charge in [-0.15, -0.1) is 5.37 Å². The van der Waals surface area contributed by atoms with E-state index in [2.05, 4.69) is 6.08 Å². The van der Waals surface area contributed by atoms with Crippen LogP contribution in [0.1, 0.15) is 13.8 Å². The van der Waals surface area contributed by atoms with Gasteiger partial charge < -0.3 is 5.11 Å². The van der Waals surface area contributed by atoms with Gasteiger partial charge in [-0.05, 0) is 12.8 Å². The van der Waals surface area contributed by atoms with Crippen LogP contribution in [0.25, 0.3) is 0 Å². The maximum absolute atomic E-state index is 9.03. The van der Waals surface area contributed by atoms with Gasteiger partial charge in [-0.2, -0.15) is 0 Å². The van der Waals surface area contributed by atoms with E-state index in [9.17, 15) is 0 Å². The van der Waals surface area contributed by atoms with Gasteiger partial charge in [0.1, 0.15) is 15.7 Å². The second-order valence-corrected chi connectivity index (χ2v) is 2.84. The molecule has 0 spiro atoms. The van der Waals surface area contributed by atoms with E-state index in [-0.39, 0.29) is 12.0 Å². The van der Waals surface area contributed by atoms with Crippen molar-refractivity contribution in [2.75, 3.05) is 0 Å². The first kappa shape index (κ1) is 8.83. The van der Waals surface area contributed by atoms with Crippen molar-refractivity contribution in [3.05, 3.63) is 11.4 Å². The molecule has 0 aromatic rings. The predicted octanol–water partition coefficient (Wildman–Crippen LogP) is -0.889. The molecule has 1 nitrogen and oxygen atoms in total. The van der Waals surface area contributed by atoms with E-state index in [1.807, 2.05) is 29.5 Å². The summed E-state index contributed by atoms with van der Waals surface area (Å²) in [7, 11) is 4.08. The zero-order valence-corrected chi connectivity index (χ0v) is 6.68. The maximum Gasteiger partial charge on any atom is 0.121 e. The van der Waals surface area contributed by atoms with Gasteiger partial charge in [0.2, 0.25) is 0 Å². The average Bonchev–Trinajstić information content (AvgIpc) is 1.63. The summed E-state index contributed by atoms with van der Waals surface area (Å²) in [5.74, 6) is 0.287. The number of aliphatic hydroxyl groups excluding tert-OH is 1. The van der Waals surface area contributed by atoms with Crippen molar-refractivity contribution < 1.29 is 5.11 Å². The van der Waals surface area contributed by atoms with Crippen LogP contribution in [0.2, 0.25) is 0 Å². The third-order valence-electron chi connectivity index (χ3n) is 1.36. The fourth-order valence-electron chi connectivity index (χ4n) is 0.665. The molecule has 0 aliphatic rings. The molecule has 3 heteroatoms. The number of rotatable bonds is 2. The molecule has 2 atom stereocenters. The summed E-state index contributed by atoms with van der Waals surface area (Å²) in [5.41, 5.74) is 0. The Morgan fingerprint density at radius 1 is 1.44 bits per heavy atom. The van der Waals surface area contributed by atoms with Crippen LogP contribution in [-0.4, -0.2) is 26.9 Å². The first-order valence-corrected chi connectivity index (χ1v) is 3.37. The first-order chi connectivity index (χ1) is 4.04. The number of hydrogen-bond donors (Lipinski definition) is 1. The van der Waals surface area contributed by atoms with E-state index in [1.165, 1.54) is 5.37 Å².